The number of hydrogen-bond donors (Lipinski definition) is 0. The van der Waals surface area contributed by atoms with E-state index in [-0.39, 0.29) is 0 Å². The Labute approximate surface area is 208 Å². The molecule has 0 bridgehead atoms. The second-order valence-corrected chi connectivity index (χ2v) is 9.00. The van der Waals surface area contributed by atoms with E-state index in [1.807, 2.05) is 24.5 Å². The molecular formula is C33H22N2O. The highest BCUT2D eigenvalue weighted by Gasteiger charge is 2.17. The molecule has 0 saturated carbocycles. The highest BCUT2D eigenvalue weighted by molar-refractivity contribution is 6.21. The van der Waals surface area contributed by atoms with E-state index in [4.69, 9.17) is 9.72 Å². The van der Waals surface area contributed by atoms with Crippen molar-refractivity contribution in [1.29, 1.82) is 0 Å². The fraction of sp³-hybridized carbons (Fsp3) is 0.0303. The summed E-state index contributed by atoms with van der Waals surface area (Å²) in [5.41, 5.74) is 5.52. The molecule has 0 atom stereocenters. The van der Waals surface area contributed by atoms with Gasteiger partial charge in [0.2, 0.25) is 0 Å². The number of benzene rings is 5. The molecule has 0 aliphatic carbocycles. The molecule has 3 heteroatoms. The molecule has 0 aliphatic heterocycles. The van der Waals surface area contributed by atoms with E-state index in [9.17, 15) is 0 Å². The maximum Gasteiger partial charge on any atom is 0.118 e. The Morgan fingerprint density at radius 1 is 0.556 bits per heavy atom. The summed E-state index contributed by atoms with van der Waals surface area (Å²) in [6.45, 7) is 0. The summed E-state index contributed by atoms with van der Waals surface area (Å²) in [5.74, 6) is 0.853. The minimum atomic E-state index is 0.853. The van der Waals surface area contributed by atoms with Crippen molar-refractivity contribution in [3.8, 4) is 28.1 Å². The molecular weight excluding hydrogens is 440 g/mol. The predicted molar refractivity (Wildman–Crippen MR) is 149 cm³/mol. The highest BCUT2D eigenvalue weighted by Crippen LogP contribution is 2.43. The molecule has 0 unspecified atom stereocenters. The second-order valence-electron chi connectivity index (χ2n) is 9.00. The molecule has 2 aromatic heterocycles. The molecule has 0 radical (unpaired) electrons. The summed E-state index contributed by atoms with van der Waals surface area (Å²) in [7, 11) is 1.70. The van der Waals surface area contributed by atoms with Crippen LogP contribution in [0.2, 0.25) is 0 Å². The molecule has 5 aromatic carbocycles. The van der Waals surface area contributed by atoms with Gasteiger partial charge in [-0.25, -0.2) is 4.98 Å². The van der Waals surface area contributed by atoms with Crippen molar-refractivity contribution in [2.24, 2.45) is 0 Å². The van der Waals surface area contributed by atoms with Gasteiger partial charge < -0.3 is 4.74 Å². The summed E-state index contributed by atoms with van der Waals surface area (Å²) >= 11 is 0. The zero-order valence-corrected chi connectivity index (χ0v) is 19.8. The number of rotatable bonds is 3. The van der Waals surface area contributed by atoms with E-state index in [2.05, 4.69) is 96.0 Å². The lowest BCUT2D eigenvalue weighted by Crippen LogP contribution is -1.93. The van der Waals surface area contributed by atoms with E-state index in [0.717, 1.165) is 38.7 Å². The first-order valence-corrected chi connectivity index (χ1v) is 12.0. The van der Waals surface area contributed by atoms with Gasteiger partial charge >= 0.3 is 0 Å². The van der Waals surface area contributed by atoms with Crippen LogP contribution in [0.15, 0.2) is 116 Å². The number of fused-ring (bicyclic) bond motifs is 5. The Kier molecular flexibility index (Phi) is 4.68. The van der Waals surface area contributed by atoms with Crippen LogP contribution in [0.3, 0.4) is 0 Å². The van der Waals surface area contributed by atoms with Crippen molar-refractivity contribution in [3.63, 3.8) is 0 Å². The summed E-state index contributed by atoms with van der Waals surface area (Å²) in [5, 5.41) is 8.14. The predicted octanol–water partition coefficient (Wildman–Crippen LogP) is 8.43. The van der Waals surface area contributed by atoms with Gasteiger partial charge in [-0.15, -0.1) is 0 Å². The fourth-order valence-electron chi connectivity index (χ4n) is 5.37. The first kappa shape index (κ1) is 20.6. The van der Waals surface area contributed by atoms with Gasteiger partial charge in [-0.1, -0.05) is 78.9 Å². The molecule has 0 spiro atoms. The van der Waals surface area contributed by atoms with E-state index in [1.165, 1.54) is 32.7 Å². The van der Waals surface area contributed by atoms with Crippen molar-refractivity contribution in [1.82, 2.24) is 9.97 Å². The van der Waals surface area contributed by atoms with Crippen LogP contribution < -0.4 is 4.74 Å². The van der Waals surface area contributed by atoms with Crippen LogP contribution in [-0.4, -0.2) is 17.1 Å². The van der Waals surface area contributed by atoms with Gasteiger partial charge in [0.25, 0.3) is 0 Å². The Morgan fingerprint density at radius 2 is 1.17 bits per heavy atom. The summed E-state index contributed by atoms with van der Waals surface area (Å²) in [6.07, 6.45) is 3.74. The van der Waals surface area contributed by atoms with Gasteiger partial charge in [-0.05, 0) is 56.9 Å². The van der Waals surface area contributed by atoms with Crippen LogP contribution >= 0.6 is 0 Å². The second kappa shape index (κ2) is 8.17. The number of pyridine rings is 2. The van der Waals surface area contributed by atoms with Gasteiger partial charge in [0, 0.05) is 34.1 Å². The number of nitrogens with zero attached hydrogens (tertiary/aromatic N) is 2. The van der Waals surface area contributed by atoms with Crippen LogP contribution in [0.1, 0.15) is 0 Å². The molecule has 170 valence electrons. The third-order valence-electron chi connectivity index (χ3n) is 7.04. The van der Waals surface area contributed by atoms with Crippen LogP contribution in [0, 0.1) is 0 Å². The van der Waals surface area contributed by atoms with Crippen LogP contribution in [-0.2, 0) is 0 Å². The first-order valence-electron chi connectivity index (χ1n) is 12.0. The third-order valence-corrected chi connectivity index (χ3v) is 7.04. The standard InChI is InChI=1S/C33H22N2O/c1-36-24-15-12-21(13-16-24)31-26-6-2-4-8-28(26)32(29-9-5-3-7-27(29)31)30-17-14-22-10-11-23-20-34-19-18-25(23)33(22)35-30/h2-20H,1H3. The fourth-order valence-corrected chi connectivity index (χ4v) is 5.37. The molecule has 36 heavy (non-hydrogen) atoms. The molecule has 3 nitrogen and oxygen atoms in total. The van der Waals surface area contributed by atoms with Crippen LogP contribution in [0.5, 0.6) is 5.75 Å². The Morgan fingerprint density at radius 3 is 1.83 bits per heavy atom. The van der Waals surface area contributed by atoms with Gasteiger partial charge in [-0.2, -0.15) is 0 Å². The van der Waals surface area contributed by atoms with Gasteiger partial charge in [0.05, 0.1) is 18.3 Å². The molecule has 0 N–H and O–H groups in total. The summed E-state index contributed by atoms with van der Waals surface area (Å²) < 4.78 is 5.41. The zero-order valence-electron chi connectivity index (χ0n) is 19.8. The van der Waals surface area contributed by atoms with Gasteiger partial charge in [0.15, 0.2) is 0 Å². The smallest absolute Gasteiger partial charge is 0.118 e. The zero-order chi connectivity index (χ0) is 24.1. The lowest BCUT2D eigenvalue weighted by Gasteiger charge is -2.17. The lowest BCUT2D eigenvalue weighted by atomic mass is 9.87. The van der Waals surface area contributed by atoms with Crippen molar-refractivity contribution in [2.45, 2.75) is 0 Å². The maximum atomic E-state index is 5.41. The van der Waals surface area contributed by atoms with Gasteiger partial charge in [-0.3, -0.25) is 4.98 Å². The minimum absolute atomic E-state index is 0.853. The van der Waals surface area contributed by atoms with Crippen molar-refractivity contribution < 1.29 is 4.74 Å². The average Bonchev–Trinajstić information content (AvgIpc) is 2.95. The van der Waals surface area contributed by atoms with Gasteiger partial charge in [0.1, 0.15) is 5.75 Å². The number of aromatic nitrogens is 2. The minimum Gasteiger partial charge on any atom is -0.497 e. The normalized spacial score (nSPS) is 11.5. The molecule has 0 fully saturated rings. The van der Waals surface area contributed by atoms with Crippen molar-refractivity contribution in [3.05, 3.63) is 116 Å². The Hall–Kier alpha value is -4.76. The lowest BCUT2D eigenvalue weighted by molar-refractivity contribution is 0.415. The SMILES string of the molecule is COc1ccc(-c2c3ccccc3c(-c3ccc4ccc5cnccc5c4n3)c3ccccc23)cc1. The number of hydrogen-bond acceptors (Lipinski definition) is 3. The van der Waals surface area contributed by atoms with E-state index in [0.29, 0.717) is 0 Å². The van der Waals surface area contributed by atoms with E-state index in [1.54, 1.807) is 7.11 Å². The molecule has 7 rings (SSSR count). The average molecular weight is 463 g/mol. The van der Waals surface area contributed by atoms with Crippen molar-refractivity contribution >= 4 is 43.2 Å². The summed E-state index contributed by atoms with van der Waals surface area (Å²) in [6, 6.07) is 36.3. The molecule has 0 amide bonds. The number of methoxy groups -OCH3 is 1. The summed E-state index contributed by atoms with van der Waals surface area (Å²) in [4.78, 5) is 9.55. The number of ether oxygens (including phenoxy) is 1. The topological polar surface area (TPSA) is 35.0 Å². The van der Waals surface area contributed by atoms with Crippen LogP contribution in [0.4, 0.5) is 0 Å². The Balaban J connectivity index is 1.59. The molecule has 2 heterocycles. The first-order chi connectivity index (χ1) is 17.8. The largest absolute Gasteiger partial charge is 0.497 e. The van der Waals surface area contributed by atoms with E-state index >= 15 is 0 Å². The maximum absolute atomic E-state index is 5.41. The highest BCUT2D eigenvalue weighted by atomic mass is 16.5. The monoisotopic (exact) mass is 462 g/mol. The quantitative estimate of drug-likeness (QED) is 0.195. The molecule has 0 saturated heterocycles. The third kappa shape index (κ3) is 3.14. The van der Waals surface area contributed by atoms with E-state index < -0.39 is 0 Å². The Bertz CT molecular complexity index is 1870. The molecule has 0 aliphatic rings. The van der Waals surface area contributed by atoms with Crippen molar-refractivity contribution in [2.75, 3.05) is 7.11 Å². The van der Waals surface area contributed by atoms with Crippen LogP contribution in [0.25, 0.3) is 65.6 Å². The molecule has 7 aromatic rings.